The molecule has 0 spiro atoms. The number of benzene rings is 7. The molecule has 11 rings (SSSR count). The monoisotopic (exact) mass is 744 g/mol. The predicted molar refractivity (Wildman–Crippen MR) is 232 cm³/mol. The van der Waals surface area contributed by atoms with E-state index in [1.165, 1.54) is 0 Å². The van der Waals surface area contributed by atoms with Crippen LogP contribution in [0, 0.1) is 0 Å². The lowest BCUT2D eigenvalue weighted by Crippen LogP contribution is -2.16. The van der Waals surface area contributed by atoms with Crippen molar-refractivity contribution in [2.75, 3.05) is 4.90 Å². The van der Waals surface area contributed by atoms with Crippen molar-refractivity contribution in [1.82, 2.24) is 24.9 Å². The van der Waals surface area contributed by atoms with Crippen molar-refractivity contribution in [2.45, 2.75) is 0 Å². The first kappa shape index (κ1) is 33.3. The van der Waals surface area contributed by atoms with Gasteiger partial charge in [0.2, 0.25) is 0 Å². The summed E-state index contributed by atoms with van der Waals surface area (Å²) in [5.74, 6) is 3.24. The molecule has 0 saturated carbocycles. The van der Waals surface area contributed by atoms with Crippen molar-refractivity contribution in [2.24, 2.45) is 0 Å². The first-order valence-electron chi connectivity index (χ1n) is 19.2. The molecule has 0 aliphatic carbocycles. The molecule has 1 aliphatic heterocycles. The zero-order chi connectivity index (χ0) is 38.4. The first-order chi connectivity index (χ1) is 28.7. The highest BCUT2D eigenvalue weighted by atomic mass is 16.5. The van der Waals surface area contributed by atoms with Crippen molar-refractivity contribution >= 4 is 38.9 Å². The van der Waals surface area contributed by atoms with Gasteiger partial charge in [0.15, 0.2) is 29.0 Å². The van der Waals surface area contributed by atoms with Gasteiger partial charge in [-0.05, 0) is 65.7 Å². The van der Waals surface area contributed by atoms with E-state index in [0.29, 0.717) is 17.5 Å². The average Bonchev–Trinajstić information content (AvgIpc) is 3.31. The standard InChI is InChI=1S/C51H32N6O/c1-3-12-33(13-4-1)34-21-25-38(26-22-34)50-54-49(37-14-5-2-6-15-37)55-51(56-50)40-30-39(42-28-27-36-24-23-35-16-11-29-52-47(35)48(36)53-42)31-41(32-40)57-43-17-7-9-19-45(43)58-46-20-10-8-18-44(46)57/h1-32H. The zero-order valence-corrected chi connectivity index (χ0v) is 31.1. The van der Waals surface area contributed by atoms with Crippen molar-refractivity contribution in [3.63, 3.8) is 0 Å². The molecule has 272 valence electrons. The molecule has 7 nitrogen and oxygen atoms in total. The highest BCUT2D eigenvalue weighted by Crippen LogP contribution is 2.51. The minimum atomic E-state index is 0.543. The molecule has 0 bridgehead atoms. The van der Waals surface area contributed by atoms with Crippen LogP contribution in [-0.2, 0) is 0 Å². The molecule has 7 heteroatoms. The fourth-order valence-corrected chi connectivity index (χ4v) is 7.68. The highest BCUT2D eigenvalue weighted by Gasteiger charge is 2.27. The summed E-state index contributed by atoms with van der Waals surface area (Å²) in [6.45, 7) is 0. The van der Waals surface area contributed by atoms with E-state index in [1.54, 1.807) is 0 Å². The minimum absolute atomic E-state index is 0.543. The third-order valence-electron chi connectivity index (χ3n) is 10.5. The molecule has 0 amide bonds. The number of fused-ring (bicyclic) bond motifs is 5. The van der Waals surface area contributed by atoms with Crippen LogP contribution < -0.4 is 9.64 Å². The van der Waals surface area contributed by atoms with Gasteiger partial charge in [0, 0.05) is 44.9 Å². The number of hydrogen-bond acceptors (Lipinski definition) is 7. The molecule has 4 heterocycles. The van der Waals surface area contributed by atoms with Crippen molar-refractivity contribution in [3.8, 4) is 68.0 Å². The van der Waals surface area contributed by atoms with Gasteiger partial charge in [0.1, 0.15) is 0 Å². The topological polar surface area (TPSA) is 76.9 Å². The Hall–Kier alpha value is -8.03. The van der Waals surface area contributed by atoms with Gasteiger partial charge in [-0.3, -0.25) is 4.98 Å². The van der Waals surface area contributed by atoms with E-state index in [-0.39, 0.29) is 0 Å². The summed E-state index contributed by atoms with van der Waals surface area (Å²) in [6, 6.07) is 63.9. The lowest BCUT2D eigenvalue weighted by atomic mass is 10.0. The number of ether oxygens (including phenoxy) is 1. The Kier molecular flexibility index (Phi) is 8.00. The summed E-state index contributed by atoms with van der Waals surface area (Å²) < 4.78 is 6.42. The number of rotatable bonds is 6. The number of nitrogens with zero attached hydrogens (tertiary/aromatic N) is 6. The second-order valence-corrected chi connectivity index (χ2v) is 14.2. The maximum atomic E-state index is 6.42. The van der Waals surface area contributed by atoms with Crippen LogP contribution in [-0.4, -0.2) is 24.9 Å². The predicted octanol–water partition coefficient (Wildman–Crippen LogP) is 12.9. The summed E-state index contributed by atoms with van der Waals surface area (Å²) in [6.07, 6.45) is 1.82. The summed E-state index contributed by atoms with van der Waals surface area (Å²) in [5, 5.41) is 2.06. The second kappa shape index (κ2) is 13.9. The van der Waals surface area contributed by atoms with Gasteiger partial charge in [0.25, 0.3) is 0 Å². The molecular weight excluding hydrogens is 713 g/mol. The van der Waals surface area contributed by atoms with Gasteiger partial charge in [-0.1, -0.05) is 133 Å². The van der Waals surface area contributed by atoms with Crippen molar-refractivity contribution in [1.29, 1.82) is 0 Å². The molecule has 0 saturated heterocycles. The molecule has 58 heavy (non-hydrogen) atoms. The number of para-hydroxylation sites is 4. The first-order valence-corrected chi connectivity index (χ1v) is 19.2. The summed E-state index contributed by atoms with van der Waals surface area (Å²) in [5.41, 5.74) is 11.0. The molecule has 10 aromatic rings. The normalized spacial score (nSPS) is 11.9. The molecule has 1 aliphatic rings. The van der Waals surface area contributed by atoms with Gasteiger partial charge in [0.05, 0.1) is 28.1 Å². The van der Waals surface area contributed by atoms with Gasteiger partial charge in [-0.2, -0.15) is 0 Å². The molecule has 0 fully saturated rings. The van der Waals surface area contributed by atoms with Crippen LogP contribution in [0.15, 0.2) is 194 Å². The lowest BCUT2D eigenvalue weighted by Gasteiger charge is -2.33. The SMILES string of the molecule is c1ccc(-c2ccc(-c3nc(-c4ccccc4)nc(-c4cc(-c5ccc6ccc7cccnc7c6n5)cc(N5c6ccccc6Oc6ccccc65)c4)n3)cc2)cc1. The van der Waals surface area contributed by atoms with E-state index in [9.17, 15) is 0 Å². The van der Waals surface area contributed by atoms with Crippen LogP contribution in [0.5, 0.6) is 11.5 Å². The molecule has 0 unspecified atom stereocenters. The van der Waals surface area contributed by atoms with Crippen LogP contribution in [0.3, 0.4) is 0 Å². The zero-order valence-electron chi connectivity index (χ0n) is 31.1. The summed E-state index contributed by atoms with van der Waals surface area (Å²) >= 11 is 0. The maximum Gasteiger partial charge on any atom is 0.164 e. The number of pyridine rings is 2. The number of anilines is 3. The Balaban J connectivity index is 1.14. The van der Waals surface area contributed by atoms with Crippen LogP contribution >= 0.6 is 0 Å². The van der Waals surface area contributed by atoms with Gasteiger partial charge < -0.3 is 9.64 Å². The number of hydrogen-bond donors (Lipinski definition) is 0. The Morgan fingerprint density at radius 2 is 0.879 bits per heavy atom. The van der Waals surface area contributed by atoms with Crippen LogP contribution in [0.2, 0.25) is 0 Å². The fourth-order valence-electron chi connectivity index (χ4n) is 7.68. The molecule has 7 aromatic carbocycles. The molecule has 3 aromatic heterocycles. The van der Waals surface area contributed by atoms with Gasteiger partial charge in [-0.25, -0.2) is 19.9 Å². The van der Waals surface area contributed by atoms with Crippen LogP contribution in [0.4, 0.5) is 17.1 Å². The Labute approximate surface area is 334 Å². The third-order valence-corrected chi connectivity index (χ3v) is 10.5. The average molecular weight is 745 g/mol. The van der Waals surface area contributed by atoms with E-state index in [0.717, 1.165) is 89.4 Å². The van der Waals surface area contributed by atoms with Gasteiger partial charge >= 0.3 is 0 Å². The Morgan fingerprint density at radius 3 is 1.57 bits per heavy atom. The molecule has 0 radical (unpaired) electrons. The molecule has 0 N–H and O–H groups in total. The Morgan fingerprint density at radius 1 is 0.362 bits per heavy atom. The van der Waals surface area contributed by atoms with E-state index >= 15 is 0 Å². The van der Waals surface area contributed by atoms with Gasteiger partial charge in [-0.15, -0.1) is 0 Å². The minimum Gasteiger partial charge on any atom is -0.453 e. The fraction of sp³-hybridized carbons (Fsp3) is 0. The smallest absolute Gasteiger partial charge is 0.164 e. The van der Waals surface area contributed by atoms with Crippen LogP contribution in [0.25, 0.3) is 78.4 Å². The van der Waals surface area contributed by atoms with E-state index in [1.807, 2.05) is 85.1 Å². The lowest BCUT2D eigenvalue weighted by molar-refractivity contribution is 0.477. The Bertz CT molecular complexity index is 3110. The quantitative estimate of drug-likeness (QED) is 0.157. The van der Waals surface area contributed by atoms with Crippen LogP contribution in [0.1, 0.15) is 0 Å². The molecule has 0 atom stereocenters. The summed E-state index contributed by atoms with van der Waals surface area (Å²) in [4.78, 5) is 27.7. The molecular formula is C51H32N6O. The largest absolute Gasteiger partial charge is 0.453 e. The van der Waals surface area contributed by atoms with Crippen molar-refractivity contribution in [3.05, 3.63) is 194 Å². The second-order valence-electron chi connectivity index (χ2n) is 14.2. The number of aromatic nitrogens is 5. The van der Waals surface area contributed by atoms with E-state index in [4.69, 9.17) is 29.7 Å². The highest BCUT2D eigenvalue weighted by molar-refractivity contribution is 6.03. The summed E-state index contributed by atoms with van der Waals surface area (Å²) in [7, 11) is 0. The van der Waals surface area contributed by atoms with Crippen molar-refractivity contribution < 1.29 is 4.74 Å². The maximum absolute atomic E-state index is 6.42. The third kappa shape index (κ3) is 5.99. The van der Waals surface area contributed by atoms with E-state index < -0.39 is 0 Å². The van der Waals surface area contributed by atoms with E-state index in [2.05, 4.69) is 114 Å².